The Kier molecular flexibility index (Phi) is 7.61. The Morgan fingerprint density at radius 1 is 0.291 bits per heavy atom. The lowest BCUT2D eigenvalue weighted by Gasteiger charge is -2.27. The molecule has 11 aromatic rings. The number of fused-ring (bicyclic) bond motifs is 7. The van der Waals surface area contributed by atoms with Crippen LogP contribution in [0.4, 0.5) is 17.1 Å². The van der Waals surface area contributed by atoms with Crippen molar-refractivity contribution in [3.8, 4) is 33.4 Å². The third-order valence-electron chi connectivity index (χ3n) is 10.9. The first-order valence-electron chi connectivity index (χ1n) is 18.7. The highest BCUT2D eigenvalue weighted by atomic mass is 32.1. The van der Waals surface area contributed by atoms with E-state index in [1.54, 1.807) is 0 Å². The smallest absolute Gasteiger partial charge is 0.0476 e. The Bertz CT molecular complexity index is 3200. The van der Waals surface area contributed by atoms with Crippen molar-refractivity contribution in [2.45, 2.75) is 0 Å². The molecule has 0 aliphatic heterocycles. The van der Waals surface area contributed by atoms with Crippen molar-refractivity contribution in [3.05, 3.63) is 200 Å². The van der Waals surface area contributed by atoms with Crippen LogP contribution in [-0.4, -0.2) is 0 Å². The molecule has 0 aliphatic carbocycles. The second kappa shape index (κ2) is 13.1. The standard InChI is InChI=1S/C52H33NS2/c1-2-12-34(13-3-1)35-24-26-37(27-25-35)53(39-29-31-45-43-17-6-8-22-49(43)54-51(45)33-39)38-28-30-42(48(32-38)41-19-10-15-36-14-4-5-16-40(36)41)46-20-11-21-47-44-18-7-9-23-50(44)55-52(46)47/h1-33H. The molecule has 0 amide bonds. The number of hydrogen-bond acceptors (Lipinski definition) is 3. The summed E-state index contributed by atoms with van der Waals surface area (Å²) < 4.78 is 5.23. The molecule has 1 nitrogen and oxygen atoms in total. The van der Waals surface area contributed by atoms with Gasteiger partial charge in [-0.25, -0.2) is 0 Å². The van der Waals surface area contributed by atoms with Crippen LogP contribution in [0.1, 0.15) is 0 Å². The molecule has 0 aliphatic rings. The van der Waals surface area contributed by atoms with Gasteiger partial charge in [0.25, 0.3) is 0 Å². The molecule has 9 aromatic carbocycles. The Morgan fingerprint density at radius 3 is 1.69 bits per heavy atom. The van der Waals surface area contributed by atoms with Crippen molar-refractivity contribution >= 4 is 90.9 Å². The van der Waals surface area contributed by atoms with Crippen molar-refractivity contribution in [2.24, 2.45) is 0 Å². The summed E-state index contributed by atoms with van der Waals surface area (Å²) in [6.07, 6.45) is 0. The second-order valence-electron chi connectivity index (χ2n) is 14.1. The predicted molar refractivity (Wildman–Crippen MR) is 241 cm³/mol. The van der Waals surface area contributed by atoms with Crippen LogP contribution in [0.15, 0.2) is 200 Å². The quantitative estimate of drug-likeness (QED) is 0.164. The maximum atomic E-state index is 2.43. The Labute approximate surface area is 327 Å². The van der Waals surface area contributed by atoms with Gasteiger partial charge in [0.05, 0.1) is 0 Å². The van der Waals surface area contributed by atoms with Crippen molar-refractivity contribution in [1.29, 1.82) is 0 Å². The summed E-state index contributed by atoms with van der Waals surface area (Å²) in [4.78, 5) is 2.43. The van der Waals surface area contributed by atoms with Crippen LogP contribution in [0, 0.1) is 0 Å². The number of hydrogen-bond donors (Lipinski definition) is 0. The fourth-order valence-corrected chi connectivity index (χ4v) is 10.7. The van der Waals surface area contributed by atoms with Crippen LogP contribution < -0.4 is 4.90 Å². The molecular weight excluding hydrogens is 703 g/mol. The first-order valence-corrected chi connectivity index (χ1v) is 20.3. The number of rotatable bonds is 6. The van der Waals surface area contributed by atoms with Gasteiger partial charge in [-0.15, -0.1) is 22.7 Å². The van der Waals surface area contributed by atoms with E-state index in [9.17, 15) is 0 Å². The zero-order valence-electron chi connectivity index (χ0n) is 29.8. The molecule has 2 heterocycles. The summed E-state index contributed by atoms with van der Waals surface area (Å²) in [5, 5.41) is 7.72. The van der Waals surface area contributed by atoms with E-state index < -0.39 is 0 Å². The van der Waals surface area contributed by atoms with E-state index in [0.717, 1.165) is 17.1 Å². The minimum Gasteiger partial charge on any atom is -0.310 e. The van der Waals surface area contributed by atoms with E-state index >= 15 is 0 Å². The lowest BCUT2D eigenvalue weighted by Crippen LogP contribution is -2.10. The van der Waals surface area contributed by atoms with Crippen molar-refractivity contribution in [3.63, 3.8) is 0 Å². The minimum absolute atomic E-state index is 1.11. The molecule has 258 valence electrons. The minimum atomic E-state index is 1.11. The highest BCUT2D eigenvalue weighted by Gasteiger charge is 2.20. The average Bonchev–Trinajstić information content (AvgIpc) is 3.82. The Morgan fingerprint density at radius 2 is 0.855 bits per heavy atom. The predicted octanol–water partition coefficient (Wildman–Crippen LogP) is 16.0. The fourth-order valence-electron chi connectivity index (χ4n) is 8.28. The number of nitrogens with zero attached hydrogens (tertiary/aromatic N) is 1. The monoisotopic (exact) mass is 735 g/mol. The molecule has 55 heavy (non-hydrogen) atoms. The molecule has 2 aromatic heterocycles. The molecular formula is C52H33NS2. The van der Waals surface area contributed by atoms with Gasteiger partial charge in [0.2, 0.25) is 0 Å². The summed E-state index contributed by atoms with van der Waals surface area (Å²) in [6.45, 7) is 0. The zero-order valence-corrected chi connectivity index (χ0v) is 31.4. The lowest BCUT2D eigenvalue weighted by atomic mass is 9.90. The summed E-state index contributed by atoms with van der Waals surface area (Å²) >= 11 is 3.75. The molecule has 0 saturated heterocycles. The molecule has 11 rings (SSSR count). The van der Waals surface area contributed by atoms with Gasteiger partial charge >= 0.3 is 0 Å². The Hall–Kier alpha value is -6.52. The van der Waals surface area contributed by atoms with Crippen LogP contribution in [0.25, 0.3) is 84.5 Å². The summed E-state index contributed by atoms with van der Waals surface area (Å²) in [5.41, 5.74) is 10.7. The molecule has 0 radical (unpaired) electrons. The van der Waals surface area contributed by atoms with Crippen molar-refractivity contribution in [2.75, 3.05) is 4.90 Å². The summed E-state index contributed by atoms with van der Waals surface area (Å²) in [5.74, 6) is 0. The molecule has 0 atom stereocenters. The first kappa shape index (κ1) is 32.0. The normalized spacial score (nSPS) is 11.6. The van der Waals surface area contributed by atoms with Crippen LogP contribution in [0.2, 0.25) is 0 Å². The van der Waals surface area contributed by atoms with E-state index in [-0.39, 0.29) is 0 Å². The summed E-state index contributed by atoms with van der Waals surface area (Å²) in [7, 11) is 0. The highest BCUT2D eigenvalue weighted by molar-refractivity contribution is 7.26. The third kappa shape index (κ3) is 5.43. The molecule has 0 spiro atoms. The van der Waals surface area contributed by atoms with Gasteiger partial charge in [-0.3, -0.25) is 0 Å². The van der Waals surface area contributed by atoms with E-state index in [1.165, 1.54) is 84.5 Å². The van der Waals surface area contributed by atoms with E-state index in [0.29, 0.717) is 0 Å². The van der Waals surface area contributed by atoms with Gasteiger partial charge in [0, 0.05) is 63.0 Å². The number of thiophene rings is 2. The highest BCUT2D eigenvalue weighted by Crippen LogP contribution is 2.47. The lowest BCUT2D eigenvalue weighted by molar-refractivity contribution is 1.29. The third-order valence-corrected chi connectivity index (χ3v) is 13.2. The number of benzene rings is 9. The molecule has 0 saturated carbocycles. The maximum Gasteiger partial charge on any atom is 0.0476 e. The van der Waals surface area contributed by atoms with Crippen LogP contribution in [0.5, 0.6) is 0 Å². The van der Waals surface area contributed by atoms with Crippen molar-refractivity contribution in [1.82, 2.24) is 0 Å². The van der Waals surface area contributed by atoms with Crippen molar-refractivity contribution < 1.29 is 0 Å². The molecule has 0 N–H and O–H groups in total. The Balaban J connectivity index is 1.16. The van der Waals surface area contributed by atoms with E-state index in [1.807, 2.05) is 22.7 Å². The SMILES string of the molecule is c1ccc(-c2ccc(N(c3ccc(-c4cccc5c4sc4ccccc45)c(-c4cccc5ccccc45)c3)c3ccc4c(c3)sc3ccccc34)cc2)cc1. The summed E-state index contributed by atoms with van der Waals surface area (Å²) in [6, 6.07) is 73.5. The van der Waals surface area contributed by atoms with Crippen LogP contribution in [0.3, 0.4) is 0 Å². The maximum absolute atomic E-state index is 2.43. The largest absolute Gasteiger partial charge is 0.310 e. The van der Waals surface area contributed by atoms with E-state index in [2.05, 4.69) is 205 Å². The fraction of sp³-hybridized carbons (Fsp3) is 0. The van der Waals surface area contributed by atoms with Gasteiger partial charge < -0.3 is 4.90 Å². The molecule has 3 heteroatoms. The van der Waals surface area contributed by atoms with Gasteiger partial charge in [0.1, 0.15) is 0 Å². The van der Waals surface area contributed by atoms with E-state index in [4.69, 9.17) is 0 Å². The molecule has 0 unspecified atom stereocenters. The zero-order chi connectivity index (χ0) is 36.3. The van der Waals surface area contributed by atoms with Gasteiger partial charge in [-0.05, 0) is 87.1 Å². The van der Waals surface area contributed by atoms with Gasteiger partial charge in [0.15, 0.2) is 0 Å². The first-order chi connectivity index (χ1) is 27.3. The number of anilines is 3. The van der Waals surface area contributed by atoms with Gasteiger partial charge in [-0.2, -0.15) is 0 Å². The second-order valence-corrected chi connectivity index (χ2v) is 16.2. The topological polar surface area (TPSA) is 3.24 Å². The molecule has 0 fully saturated rings. The average molecular weight is 736 g/mol. The van der Waals surface area contributed by atoms with Gasteiger partial charge in [-0.1, -0.05) is 152 Å². The van der Waals surface area contributed by atoms with Crippen LogP contribution in [-0.2, 0) is 0 Å². The van der Waals surface area contributed by atoms with Crippen LogP contribution >= 0.6 is 22.7 Å². The molecule has 0 bridgehead atoms.